The lowest BCUT2D eigenvalue weighted by Gasteiger charge is -2.17. The number of H-pyrrole nitrogens is 1. The van der Waals surface area contributed by atoms with E-state index in [9.17, 15) is 0 Å². The van der Waals surface area contributed by atoms with Gasteiger partial charge >= 0.3 is 0 Å². The Bertz CT molecular complexity index is 977. The van der Waals surface area contributed by atoms with E-state index in [4.69, 9.17) is 9.47 Å². The zero-order valence-electron chi connectivity index (χ0n) is 14.3. The second kappa shape index (κ2) is 5.28. The Hall–Kier alpha value is -2.95. The van der Waals surface area contributed by atoms with Crippen LogP contribution in [0.5, 0.6) is 11.5 Å². The van der Waals surface area contributed by atoms with Crippen LogP contribution in [-0.4, -0.2) is 31.0 Å². The lowest BCUT2D eigenvalue weighted by Crippen LogP contribution is -2.15. The van der Waals surface area contributed by atoms with Gasteiger partial charge in [-0.05, 0) is 35.7 Å². The summed E-state index contributed by atoms with van der Waals surface area (Å²) in [5, 5.41) is 7.90. The Morgan fingerprint density at radius 3 is 2.68 bits per heavy atom. The van der Waals surface area contributed by atoms with Gasteiger partial charge in [0.2, 0.25) is 0 Å². The maximum atomic E-state index is 5.46. The molecule has 5 heteroatoms. The van der Waals surface area contributed by atoms with Crippen molar-refractivity contribution < 1.29 is 9.47 Å². The molecule has 0 atom stereocenters. The van der Waals surface area contributed by atoms with E-state index in [1.165, 1.54) is 22.4 Å². The number of fused-ring (bicyclic) bond motifs is 4. The lowest BCUT2D eigenvalue weighted by atomic mass is 10.1. The predicted octanol–water partition coefficient (Wildman–Crippen LogP) is 3.69. The van der Waals surface area contributed by atoms with Gasteiger partial charge in [0.1, 0.15) is 0 Å². The maximum absolute atomic E-state index is 5.46. The number of hydrogen-bond donors (Lipinski definition) is 1. The van der Waals surface area contributed by atoms with Crippen molar-refractivity contribution in [3.63, 3.8) is 0 Å². The first-order valence-corrected chi connectivity index (χ1v) is 8.48. The molecule has 0 fully saturated rings. The Labute approximate surface area is 146 Å². The highest BCUT2D eigenvalue weighted by Crippen LogP contribution is 2.46. The van der Waals surface area contributed by atoms with E-state index in [-0.39, 0.29) is 0 Å². The van der Waals surface area contributed by atoms with Crippen LogP contribution in [0.25, 0.3) is 11.3 Å². The summed E-state index contributed by atoms with van der Waals surface area (Å²) in [7, 11) is 3.34. The first-order valence-electron chi connectivity index (χ1n) is 8.48. The number of benzene rings is 2. The maximum Gasteiger partial charge on any atom is 0.161 e. The van der Waals surface area contributed by atoms with E-state index in [2.05, 4.69) is 45.4 Å². The van der Waals surface area contributed by atoms with Crippen LogP contribution in [0.2, 0.25) is 0 Å². The topological polar surface area (TPSA) is 50.4 Å². The van der Waals surface area contributed by atoms with Gasteiger partial charge in [-0.2, -0.15) is 5.10 Å². The van der Waals surface area contributed by atoms with Crippen LogP contribution in [0.4, 0.5) is 11.5 Å². The van der Waals surface area contributed by atoms with Crippen molar-refractivity contribution in [2.75, 3.05) is 25.7 Å². The molecular weight excluding hydrogens is 314 g/mol. The fraction of sp³-hybridized carbons (Fsp3) is 0.250. The average Bonchev–Trinajstić information content (AvgIpc) is 3.33. The minimum Gasteiger partial charge on any atom is -0.493 e. The monoisotopic (exact) mass is 333 g/mol. The van der Waals surface area contributed by atoms with Crippen molar-refractivity contribution in [1.82, 2.24) is 10.2 Å². The van der Waals surface area contributed by atoms with Crippen LogP contribution in [0.15, 0.2) is 36.4 Å². The fourth-order valence-electron chi connectivity index (χ4n) is 4.02. The molecule has 0 unspecified atom stereocenters. The number of ether oxygens (including phenoxy) is 2. The van der Waals surface area contributed by atoms with Gasteiger partial charge in [0.15, 0.2) is 17.3 Å². The minimum atomic E-state index is 0.747. The molecule has 0 amide bonds. The van der Waals surface area contributed by atoms with Crippen molar-refractivity contribution in [3.05, 3.63) is 53.1 Å². The highest BCUT2D eigenvalue weighted by atomic mass is 16.5. The number of hydrogen-bond acceptors (Lipinski definition) is 4. The van der Waals surface area contributed by atoms with E-state index in [1.54, 1.807) is 14.2 Å². The van der Waals surface area contributed by atoms with Gasteiger partial charge < -0.3 is 14.4 Å². The van der Waals surface area contributed by atoms with Crippen molar-refractivity contribution in [2.45, 2.75) is 12.8 Å². The highest BCUT2D eigenvalue weighted by molar-refractivity contribution is 5.83. The van der Waals surface area contributed by atoms with Crippen LogP contribution >= 0.6 is 0 Å². The van der Waals surface area contributed by atoms with Gasteiger partial charge in [-0.15, -0.1) is 0 Å². The smallest absolute Gasteiger partial charge is 0.161 e. The molecule has 2 aliphatic rings. The molecule has 0 spiro atoms. The summed E-state index contributed by atoms with van der Waals surface area (Å²) < 4.78 is 10.9. The Kier molecular flexibility index (Phi) is 3.04. The van der Waals surface area contributed by atoms with E-state index in [0.717, 1.165) is 48.0 Å². The van der Waals surface area contributed by atoms with E-state index in [1.807, 2.05) is 6.07 Å². The van der Waals surface area contributed by atoms with Crippen molar-refractivity contribution >= 4 is 11.5 Å². The van der Waals surface area contributed by atoms with Crippen molar-refractivity contribution in [1.29, 1.82) is 0 Å². The summed E-state index contributed by atoms with van der Waals surface area (Å²) in [6.07, 6.45) is 1.92. The normalized spacial score (nSPS) is 14.2. The van der Waals surface area contributed by atoms with Crippen LogP contribution in [0, 0.1) is 0 Å². The highest BCUT2D eigenvalue weighted by Gasteiger charge is 2.31. The Balaban J connectivity index is 1.60. The van der Waals surface area contributed by atoms with Gasteiger partial charge in [0.05, 0.1) is 19.9 Å². The van der Waals surface area contributed by atoms with Crippen LogP contribution in [-0.2, 0) is 12.8 Å². The summed E-state index contributed by atoms with van der Waals surface area (Å²) >= 11 is 0. The molecule has 5 nitrogen and oxygen atoms in total. The molecule has 0 saturated carbocycles. The van der Waals surface area contributed by atoms with E-state index >= 15 is 0 Å². The number of methoxy groups -OCH3 is 2. The zero-order valence-corrected chi connectivity index (χ0v) is 14.3. The molecule has 2 heterocycles. The fourth-order valence-corrected chi connectivity index (χ4v) is 4.02. The number of anilines is 2. The summed E-state index contributed by atoms with van der Waals surface area (Å²) in [4.78, 5) is 2.32. The molecule has 0 saturated heterocycles. The van der Waals surface area contributed by atoms with Gasteiger partial charge in [0.25, 0.3) is 0 Å². The standard InChI is InChI=1S/C20H19N3O2/c1-24-17-10-13-9-15-19(14(13)11-18(17)25-2)21-22-20(15)23-8-7-12-5-3-4-6-16(12)23/h3-6,10-11H,7-9H2,1-2H3,(H,21,22). The SMILES string of the molecule is COc1cc2c(cc1OC)-c1[nH]nc(N3CCc4ccccc43)c1C2. The third-order valence-electron chi connectivity index (χ3n) is 5.23. The molecule has 1 aliphatic heterocycles. The molecular formula is C20H19N3O2. The molecule has 1 aliphatic carbocycles. The summed E-state index contributed by atoms with van der Waals surface area (Å²) in [6.45, 7) is 0.972. The number of aromatic amines is 1. The average molecular weight is 333 g/mol. The third kappa shape index (κ3) is 1.98. The molecule has 1 aromatic heterocycles. The summed E-state index contributed by atoms with van der Waals surface area (Å²) in [5.41, 5.74) is 7.40. The Morgan fingerprint density at radius 1 is 1.04 bits per heavy atom. The van der Waals surface area contributed by atoms with Crippen LogP contribution in [0.3, 0.4) is 0 Å². The number of nitrogens with one attached hydrogen (secondary N) is 1. The van der Waals surface area contributed by atoms with Gasteiger partial charge in [-0.1, -0.05) is 18.2 Å². The van der Waals surface area contributed by atoms with Gasteiger partial charge in [-0.25, -0.2) is 0 Å². The van der Waals surface area contributed by atoms with E-state index in [0.29, 0.717) is 0 Å². The summed E-state index contributed by atoms with van der Waals surface area (Å²) in [6, 6.07) is 12.7. The molecule has 2 aromatic carbocycles. The quantitative estimate of drug-likeness (QED) is 0.621. The molecule has 126 valence electrons. The molecule has 0 radical (unpaired) electrons. The van der Waals surface area contributed by atoms with Crippen molar-refractivity contribution in [3.8, 4) is 22.8 Å². The molecule has 5 rings (SSSR count). The van der Waals surface area contributed by atoms with Gasteiger partial charge in [-0.3, -0.25) is 5.10 Å². The number of para-hydroxylation sites is 1. The zero-order chi connectivity index (χ0) is 17.0. The minimum absolute atomic E-state index is 0.747. The molecule has 3 aromatic rings. The van der Waals surface area contributed by atoms with Gasteiger partial charge in [0, 0.05) is 29.8 Å². The largest absolute Gasteiger partial charge is 0.493 e. The summed E-state index contributed by atoms with van der Waals surface area (Å²) in [5.74, 6) is 2.55. The lowest BCUT2D eigenvalue weighted by molar-refractivity contribution is 0.355. The second-order valence-corrected chi connectivity index (χ2v) is 6.47. The third-order valence-corrected chi connectivity index (χ3v) is 5.23. The molecule has 0 bridgehead atoms. The Morgan fingerprint density at radius 2 is 1.84 bits per heavy atom. The predicted molar refractivity (Wildman–Crippen MR) is 97.1 cm³/mol. The first kappa shape index (κ1) is 14.4. The van der Waals surface area contributed by atoms with E-state index < -0.39 is 0 Å². The van der Waals surface area contributed by atoms with Crippen LogP contribution < -0.4 is 14.4 Å². The first-order chi connectivity index (χ1) is 12.3. The molecule has 25 heavy (non-hydrogen) atoms. The second-order valence-electron chi connectivity index (χ2n) is 6.47. The molecule has 1 N–H and O–H groups in total. The van der Waals surface area contributed by atoms with Crippen molar-refractivity contribution in [2.24, 2.45) is 0 Å². The number of aromatic nitrogens is 2. The van der Waals surface area contributed by atoms with Crippen LogP contribution in [0.1, 0.15) is 16.7 Å². The number of rotatable bonds is 3. The number of nitrogens with zero attached hydrogens (tertiary/aromatic N) is 2.